The molecule has 0 saturated heterocycles. The highest BCUT2D eigenvalue weighted by Gasteiger charge is 2.07. The van der Waals surface area contributed by atoms with Gasteiger partial charge in [0, 0.05) is 23.8 Å². The third-order valence-corrected chi connectivity index (χ3v) is 4.81. The van der Waals surface area contributed by atoms with E-state index in [1.807, 2.05) is 11.8 Å². The van der Waals surface area contributed by atoms with Crippen LogP contribution in [0.2, 0.25) is 0 Å². The van der Waals surface area contributed by atoms with E-state index in [0.29, 0.717) is 0 Å². The fourth-order valence-electron chi connectivity index (χ4n) is 1.16. The van der Waals surface area contributed by atoms with Crippen molar-refractivity contribution in [2.45, 2.75) is 23.3 Å². The fraction of sp³-hybridized carbons (Fsp3) is 0.400. The maximum Gasteiger partial charge on any atom is 0.134 e. The predicted octanol–water partition coefficient (Wildman–Crippen LogP) is 3.71. The van der Waals surface area contributed by atoms with Gasteiger partial charge in [0.1, 0.15) is 10.7 Å². The summed E-state index contributed by atoms with van der Waals surface area (Å²) in [4.78, 5) is 0. The quantitative estimate of drug-likeness (QED) is 0.813. The van der Waals surface area contributed by atoms with Crippen LogP contribution in [-0.4, -0.2) is 16.1 Å². The molecule has 0 spiro atoms. The van der Waals surface area contributed by atoms with Crippen LogP contribution in [0.15, 0.2) is 21.7 Å². The number of thiophene rings is 1. The molecule has 2 rings (SSSR count). The molecule has 6 heteroatoms. The molecule has 2 aromatic heterocycles. The zero-order chi connectivity index (χ0) is 11.2. The first-order valence-corrected chi connectivity index (χ1v) is 7.75. The Hall–Kier alpha value is -0.590. The fourth-order valence-corrected chi connectivity index (χ4v) is 3.58. The van der Waals surface area contributed by atoms with Crippen molar-refractivity contribution < 1.29 is 0 Å². The minimum atomic E-state index is 0.892. The summed E-state index contributed by atoms with van der Waals surface area (Å²) in [5, 5.41) is 10.7. The highest BCUT2D eigenvalue weighted by molar-refractivity contribution is 8.00. The number of hydrogen-bond donors (Lipinski definition) is 1. The van der Waals surface area contributed by atoms with E-state index < -0.39 is 0 Å². The van der Waals surface area contributed by atoms with Crippen molar-refractivity contribution in [3.63, 3.8) is 0 Å². The van der Waals surface area contributed by atoms with Gasteiger partial charge in [0.25, 0.3) is 0 Å². The minimum absolute atomic E-state index is 0.892. The van der Waals surface area contributed by atoms with Gasteiger partial charge >= 0.3 is 0 Å². The molecule has 0 atom stereocenters. The monoisotopic (exact) mass is 271 g/mol. The lowest BCUT2D eigenvalue weighted by molar-refractivity contribution is 0.976. The average molecular weight is 271 g/mol. The van der Waals surface area contributed by atoms with Crippen LogP contribution in [0.1, 0.15) is 19.0 Å². The second-order valence-electron chi connectivity index (χ2n) is 3.20. The topological polar surface area (TPSA) is 37.8 Å². The van der Waals surface area contributed by atoms with Crippen molar-refractivity contribution >= 4 is 39.6 Å². The summed E-state index contributed by atoms with van der Waals surface area (Å²) < 4.78 is 5.32. The lowest BCUT2D eigenvalue weighted by atomic mass is 10.4. The summed E-state index contributed by atoms with van der Waals surface area (Å²) in [5.74, 6) is 0.892. The molecule has 16 heavy (non-hydrogen) atoms. The van der Waals surface area contributed by atoms with Gasteiger partial charge in [-0.05, 0) is 17.9 Å². The molecule has 0 saturated carbocycles. The summed E-state index contributed by atoms with van der Waals surface area (Å²) >= 11 is 5.03. The molecule has 2 heterocycles. The van der Waals surface area contributed by atoms with Crippen LogP contribution in [-0.2, 0) is 5.75 Å². The van der Waals surface area contributed by atoms with Gasteiger partial charge in [0.2, 0.25) is 0 Å². The van der Waals surface area contributed by atoms with Gasteiger partial charge < -0.3 is 5.32 Å². The SMILES string of the molecule is CCCNc1snnc1CSc1cccs1. The second-order valence-corrected chi connectivity index (χ2v) is 6.17. The molecular weight excluding hydrogens is 258 g/mol. The lowest BCUT2D eigenvalue weighted by Crippen LogP contribution is -2.00. The Balaban J connectivity index is 1.91. The van der Waals surface area contributed by atoms with Crippen molar-refractivity contribution in [2.75, 3.05) is 11.9 Å². The number of anilines is 1. The van der Waals surface area contributed by atoms with Crippen molar-refractivity contribution in [1.82, 2.24) is 9.59 Å². The Morgan fingerprint density at radius 2 is 2.44 bits per heavy atom. The molecule has 0 amide bonds. The number of nitrogens with zero attached hydrogens (tertiary/aromatic N) is 2. The molecule has 0 unspecified atom stereocenters. The van der Waals surface area contributed by atoms with Gasteiger partial charge in [-0.3, -0.25) is 0 Å². The lowest BCUT2D eigenvalue weighted by Gasteiger charge is -2.02. The normalized spacial score (nSPS) is 10.6. The second kappa shape index (κ2) is 6.22. The van der Waals surface area contributed by atoms with Gasteiger partial charge in [0.05, 0.1) is 4.21 Å². The van der Waals surface area contributed by atoms with E-state index in [1.54, 1.807) is 11.3 Å². The maximum atomic E-state index is 4.16. The summed E-state index contributed by atoms with van der Waals surface area (Å²) in [6.07, 6.45) is 1.12. The number of rotatable bonds is 6. The van der Waals surface area contributed by atoms with Crippen LogP contribution < -0.4 is 5.32 Å². The summed E-state index contributed by atoms with van der Waals surface area (Å²) in [7, 11) is 0. The summed E-state index contributed by atoms with van der Waals surface area (Å²) in [5.41, 5.74) is 1.07. The first-order valence-electron chi connectivity index (χ1n) is 5.11. The van der Waals surface area contributed by atoms with Crippen LogP contribution >= 0.6 is 34.6 Å². The van der Waals surface area contributed by atoms with E-state index in [0.717, 1.165) is 29.4 Å². The molecule has 3 nitrogen and oxygen atoms in total. The zero-order valence-corrected chi connectivity index (χ0v) is 11.4. The number of nitrogens with one attached hydrogen (secondary N) is 1. The van der Waals surface area contributed by atoms with Crippen LogP contribution in [0.5, 0.6) is 0 Å². The van der Waals surface area contributed by atoms with Crippen LogP contribution in [0.4, 0.5) is 5.00 Å². The highest BCUT2D eigenvalue weighted by Crippen LogP contribution is 2.29. The molecule has 86 valence electrons. The largest absolute Gasteiger partial charge is 0.374 e. The minimum Gasteiger partial charge on any atom is -0.374 e. The van der Waals surface area contributed by atoms with Crippen LogP contribution in [0.25, 0.3) is 0 Å². The summed E-state index contributed by atoms with van der Waals surface area (Å²) in [6.45, 7) is 3.14. The van der Waals surface area contributed by atoms with Crippen molar-refractivity contribution in [1.29, 1.82) is 0 Å². The Labute approximate surface area is 107 Å². The molecule has 2 aromatic rings. The van der Waals surface area contributed by atoms with Crippen molar-refractivity contribution in [3.05, 3.63) is 23.2 Å². The first kappa shape index (κ1) is 11.9. The Morgan fingerprint density at radius 1 is 1.50 bits per heavy atom. The molecule has 0 radical (unpaired) electrons. The Bertz CT molecular complexity index is 411. The highest BCUT2D eigenvalue weighted by atomic mass is 32.2. The van der Waals surface area contributed by atoms with E-state index in [1.165, 1.54) is 15.7 Å². The van der Waals surface area contributed by atoms with Crippen LogP contribution in [0, 0.1) is 0 Å². The third kappa shape index (κ3) is 3.20. The van der Waals surface area contributed by atoms with Gasteiger partial charge in [-0.25, -0.2) is 0 Å². The molecule has 0 aromatic carbocycles. The number of thioether (sulfide) groups is 1. The molecule has 0 bridgehead atoms. The molecule has 0 fully saturated rings. The summed E-state index contributed by atoms with van der Waals surface area (Å²) in [6, 6.07) is 4.21. The van der Waals surface area contributed by atoms with Gasteiger partial charge in [0.15, 0.2) is 0 Å². The number of hydrogen-bond acceptors (Lipinski definition) is 6. The standard InChI is InChI=1S/C10H13N3S3/c1-2-5-11-10-8(12-13-16-10)7-15-9-4-3-6-14-9/h3-4,6,11H,2,5,7H2,1H3. The van der Waals surface area contributed by atoms with E-state index >= 15 is 0 Å². The van der Waals surface area contributed by atoms with Crippen molar-refractivity contribution in [2.24, 2.45) is 0 Å². The van der Waals surface area contributed by atoms with Crippen LogP contribution in [0.3, 0.4) is 0 Å². The zero-order valence-electron chi connectivity index (χ0n) is 8.97. The average Bonchev–Trinajstić information content (AvgIpc) is 2.94. The van der Waals surface area contributed by atoms with Crippen molar-refractivity contribution in [3.8, 4) is 0 Å². The molecular formula is C10H13N3S3. The van der Waals surface area contributed by atoms with Gasteiger partial charge in [-0.2, -0.15) is 0 Å². The molecule has 0 aliphatic heterocycles. The first-order chi connectivity index (χ1) is 7.90. The van der Waals surface area contributed by atoms with E-state index in [-0.39, 0.29) is 0 Å². The third-order valence-electron chi connectivity index (χ3n) is 1.94. The number of aromatic nitrogens is 2. The Kier molecular flexibility index (Phi) is 4.62. The molecule has 0 aliphatic rings. The van der Waals surface area contributed by atoms with E-state index in [4.69, 9.17) is 0 Å². The van der Waals surface area contributed by atoms with Gasteiger partial charge in [-0.15, -0.1) is 28.2 Å². The van der Waals surface area contributed by atoms with Gasteiger partial charge in [-0.1, -0.05) is 17.5 Å². The smallest absolute Gasteiger partial charge is 0.134 e. The van der Waals surface area contributed by atoms with E-state index in [2.05, 4.69) is 39.3 Å². The molecule has 1 N–H and O–H groups in total. The Morgan fingerprint density at radius 3 is 3.19 bits per heavy atom. The maximum absolute atomic E-state index is 4.16. The molecule has 0 aliphatic carbocycles. The predicted molar refractivity (Wildman–Crippen MR) is 72.6 cm³/mol. The van der Waals surface area contributed by atoms with E-state index in [9.17, 15) is 0 Å².